The van der Waals surface area contributed by atoms with E-state index in [0.29, 0.717) is 13.1 Å². The molecule has 16 heavy (non-hydrogen) atoms. The molecule has 0 fully saturated rings. The molecule has 3 nitrogen and oxygen atoms in total. The normalized spacial score (nSPS) is 9.81. The molecule has 0 unspecified atom stereocenters. The van der Waals surface area contributed by atoms with Crippen molar-refractivity contribution in [3.63, 3.8) is 0 Å². The van der Waals surface area contributed by atoms with E-state index in [1.165, 1.54) is 0 Å². The third kappa shape index (κ3) is 3.87. The quantitative estimate of drug-likeness (QED) is 0.566. The van der Waals surface area contributed by atoms with Crippen LogP contribution in [0.2, 0.25) is 0 Å². The standard InChI is InChI=1S/C13H18N2O/c1-3-9-14-10-13(16)15-12-8-6-5-7-11(12)4-2/h3,5-8,14H,1,4,9-10H2,2H3,(H,15,16). The van der Waals surface area contributed by atoms with Crippen molar-refractivity contribution in [1.82, 2.24) is 5.32 Å². The summed E-state index contributed by atoms with van der Waals surface area (Å²) in [6.45, 7) is 6.60. The van der Waals surface area contributed by atoms with Crippen LogP contribution in [-0.4, -0.2) is 19.0 Å². The van der Waals surface area contributed by atoms with Crippen LogP contribution < -0.4 is 10.6 Å². The first-order valence-electron chi connectivity index (χ1n) is 5.47. The van der Waals surface area contributed by atoms with Gasteiger partial charge in [0.25, 0.3) is 0 Å². The molecule has 1 aromatic carbocycles. The van der Waals surface area contributed by atoms with E-state index in [1.54, 1.807) is 6.08 Å². The number of carbonyl (C=O) groups is 1. The Morgan fingerprint density at radius 2 is 2.19 bits per heavy atom. The first-order valence-corrected chi connectivity index (χ1v) is 5.47. The van der Waals surface area contributed by atoms with Gasteiger partial charge in [-0.25, -0.2) is 0 Å². The van der Waals surface area contributed by atoms with Gasteiger partial charge in [0.1, 0.15) is 0 Å². The van der Waals surface area contributed by atoms with Crippen LogP contribution in [0.4, 0.5) is 5.69 Å². The molecule has 1 aromatic rings. The van der Waals surface area contributed by atoms with Crippen molar-refractivity contribution in [2.45, 2.75) is 13.3 Å². The molecule has 0 heterocycles. The Morgan fingerprint density at radius 3 is 2.88 bits per heavy atom. The molecule has 86 valence electrons. The Kier molecular flexibility index (Phi) is 5.29. The van der Waals surface area contributed by atoms with Crippen LogP contribution in [-0.2, 0) is 11.2 Å². The van der Waals surface area contributed by atoms with E-state index < -0.39 is 0 Å². The molecule has 0 saturated carbocycles. The number of hydrogen-bond acceptors (Lipinski definition) is 2. The topological polar surface area (TPSA) is 41.1 Å². The molecule has 0 aliphatic heterocycles. The summed E-state index contributed by atoms with van der Waals surface area (Å²) in [5, 5.41) is 5.85. The third-order valence-corrected chi connectivity index (χ3v) is 2.25. The van der Waals surface area contributed by atoms with Crippen LogP contribution in [0, 0.1) is 0 Å². The average Bonchev–Trinajstić information content (AvgIpc) is 2.30. The average molecular weight is 218 g/mol. The maximum atomic E-state index is 11.5. The Hall–Kier alpha value is -1.61. The summed E-state index contributed by atoms with van der Waals surface area (Å²) < 4.78 is 0. The predicted octanol–water partition coefficient (Wildman–Crippen LogP) is 1.96. The first-order chi connectivity index (χ1) is 7.77. The Balaban J connectivity index is 2.52. The number of para-hydroxylation sites is 1. The van der Waals surface area contributed by atoms with Crippen LogP contribution >= 0.6 is 0 Å². The van der Waals surface area contributed by atoms with Crippen molar-refractivity contribution < 1.29 is 4.79 Å². The van der Waals surface area contributed by atoms with Gasteiger partial charge in [-0.1, -0.05) is 31.2 Å². The van der Waals surface area contributed by atoms with Gasteiger partial charge < -0.3 is 10.6 Å². The van der Waals surface area contributed by atoms with Crippen molar-refractivity contribution in [2.75, 3.05) is 18.4 Å². The highest BCUT2D eigenvalue weighted by atomic mass is 16.1. The fourth-order valence-electron chi connectivity index (χ4n) is 1.43. The van der Waals surface area contributed by atoms with E-state index >= 15 is 0 Å². The zero-order valence-corrected chi connectivity index (χ0v) is 9.62. The van der Waals surface area contributed by atoms with E-state index in [9.17, 15) is 4.79 Å². The van der Waals surface area contributed by atoms with E-state index in [2.05, 4.69) is 24.1 Å². The largest absolute Gasteiger partial charge is 0.325 e. The summed E-state index contributed by atoms with van der Waals surface area (Å²) in [4.78, 5) is 11.5. The van der Waals surface area contributed by atoms with Crippen molar-refractivity contribution in [1.29, 1.82) is 0 Å². The lowest BCUT2D eigenvalue weighted by Gasteiger charge is -2.09. The highest BCUT2D eigenvalue weighted by Gasteiger charge is 2.03. The molecule has 0 saturated heterocycles. The second kappa shape index (κ2) is 6.80. The summed E-state index contributed by atoms with van der Waals surface area (Å²) in [5.74, 6) is -0.0252. The fourth-order valence-corrected chi connectivity index (χ4v) is 1.43. The van der Waals surface area contributed by atoms with E-state index in [0.717, 1.165) is 17.7 Å². The molecule has 1 amide bonds. The van der Waals surface area contributed by atoms with Crippen molar-refractivity contribution in [3.8, 4) is 0 Å². The first kappa shape index (κ1) is 12.5. The van der Waals surface area contributed by atoms with E-state index in [4.69, 9.17) is 0 Å². The molecule has 2 N–H and O–H groups in total. The maximum absolute atomic E-state index is 11.5. The monoisotopic (exact) mass is 218 g/mol. The Bertz CT molecular complexity index is 361. The van der Waals surface area contributed by atoms with Gasteiger partial charge in [-0.2, -0.15) is 0 Å². The smallest absolute Gasteiger partial charge is 0.238 e. The lowest BCUT2D eigenvalue weighted by Crippen LogP contribution is -2.28. The molecule has 3 heteroatoms. The van der Waals surface area contributed by atoms with E-state index in [-0.39, 0.29) is 5.91 Å². The zero-order valence-electron chi connectivity index (χ0n) is 9.62. The minimum absolute atomic E-state index is 0.0252. The number of amides is 1. The van der Waals surface area contributed by atoms with Gasteiger partial charge in [-0.05, 0) is 18.1 Å². The van der Waals surface area contributed by atoms with Gasteiger partial charge in [0.2, 0.25) is 5.91 Å². The van der Waals surface area contributed by atoms with Crippen LogP contribution in [0.25, 0.3) is 0 Å². The lowest BCUT2D eigenvalue weighted by molar-refractivity contribution is -0.115. The number of aryl methyl sites for hydroxylation is 1. The second-order valence-electron chi connectivity index (χ2n) is 3.48. The minimum atomic E-state index is -0.0252. The fraction of sp³-hybridized carbons (Fsp3) is 0.308. The SMILES string of the molecule is C=CCNCC(=O)Nc1ccccc1CC. The number of carbonyl (C=O) groups excluding carboxylic acids is 1. The van der Waals surface area contributed by atoms with Crippen LogP contribution in [0.1, 0.15) is 12.5 Å². The van der Waals surface area contributed by atoms with Crippen molar-refractivity contribution in [2.24, 2.45) is 0 Å². The van der Waals surface area contributed by atoms with E-state index in [1.807, 2.05) is 24.3 Å². The number of nitrogens with one attached hydrogen (secondary N) is 2. The molecule has 0 atom stereocenters. The summed E-state index contributed by atoms with van der Waals surface area (Å²) in [7, 11) is 0. The summed E-state index contributed by atoms with van der Waals surface area (Å²) in [6, 6.07) is 7.84. The lowest BCUT2D eigenvalue weighted by atomic mass is 10.1. The molecular formula is C13H18N2O. The molecule has 0 aliphatic rings. The number of anilines is 1. The molecule has 0 radical (unpaired) electrons. The van der Waals surface area contributed by atoms with Crippen molar-refractivity contribution in [3.05, 3.63) is 42.5 Å². The predicted molar refractivity (Wildman–Crippen MR) is 67.5 cm³/mol. The molecular weight excluding hydrogens is 200 g/mol. The van der Waals surface area contributed by atoms with Gasteiger partial charge >= 0.3 is 0 Å². The van der Waals surface area contributed by atoms with Crippen LogP contribution in [0.15, 0.2) is 36.9 Å². The van der Waals surface area contributed by atoms with Crippen molar-refractivity contribution >= 4 is 11.6 Å². The zero-order chi connectivity index (χ0) is 11.8. The van der Waals surface area contributed by atoms with Crippen LogP contribution in [0.5, 0.6) is 0 Å². The third-order valence-electron chi connectivity index (χ3n) is 2.25. The highest BCUT2D eigenvalue weighted by Crippen LogP contribution is 2.14. The van der Waals surface area contributed by atoms with Gasteiger partial charge in [-0.15, -0.1) is 6.58 Å². The Labute approximate surface area is 96.6 Å². The second-order valence-corrected chi connectivity index (χ2v) is 3.48. The summed E-state index contributed by atoms with van der Waals surface area (Å²) >= 11 is 0. The molecule has 0 spiro atoms. The summed E-state index contributed by atoms with van der Waals surface area (Å²) in [6.07, 6.45) is 2.64. The van der Waals surface area contributed by atoms with Crippen LogP contribution in [0.3, 0.4) is 0 Å². The van der Waals surface area contributed by atoms with Gasteiger partial charge in [0, 0.05) is 12.2 Å². The van der Waals surface area contributed by atoms with Gasteiger partial charge in [0.15, 0.2) is 0 Å². The number of rotatable bonds is 6. The van der Waals surface area contributed by atoms with Gasteiger partial charge in [-0.3, -0.25) is 4.79 Å². The molecule has 0 bridgehead atoms. The van der Waals surface area contributed by atoms with Gasteiger partial charge in [0.05, 0.1) is 6.54 Å². The summed E-state index contributed by atoms with van der Waals surface area (Å²) in [5.41, 5.74) is 2.05. The number of benzene rings is 1. The molecule has 1 rings (SSSR count). The minimum Gasteiger partial charge on any atom is -0.325 e. The Morgan fingerprint density at radius 1 is 1.44 bits per heavy atom. The maximum Gasteiger partial charge on any atom is 0.238 e. The number of hydrogen-bond donors (Lipinski definition) is 2. The highest BCUT2D eigenvalue weighted by molar-refractivity contribution is 5.92. The molecule has 0 aliphatic carbocycles. The molecule has 0 aromatic heterocycles.